The molecule has 3 saturated carbocycles. The summed E-state index contributed by atoms with van der Waals surface area (Å²) in [4.78, 5) is 39.8. The summed E-state index contributed by atoms with van der Waals surface area (Å²) in [6, 6.07) is 9.00. The van der Waals surface area contributed by atoms with Gasteiger partial charge in [-0.05, 0) is 43.7 Å². The zero-order valence-electron chi connectivity index (χ0n) is 13.0. The maximum atomic E-state index is 13.1. The van der Waals surface area contributed by atoms with Crippen LogP contribution < -0.4 is 4.90 Å². The first-order valence-electron chi connectivity index (χ1n) is 8.11. The van der Waals surface area contributed by atoms with Crippen molar-refractivity contribution in [2.45, 2.75) is 25.7 Å². The van der Waals surface area contributed by atoms with E-state index in [4.69, 9.17) is 4.74 Å². The smallest absolute Gasteiger partial charge is 0.309 e. The lowest BCUT2D eigenvalue weighted by molar-refractivity contribution is -0.165. The molecule has 0 radical (unpaired) electrons. The average Bonchev–Trinajstić information content (AvgIpc) is 2.83. The number of carbonyl (C=O) groups excluding carboxylic acids is 3. The van der Waals surface area contributed by atoms with Crippen LogP contribution in [0, 0.1) is 23.2 Å². The Hall–Kier alpha value is -2.17. The van der Waals surface area contributed by atoms with Crippen molar-refractivity contribution < 1.29 is 19.1 Å². The van der Waals surface area contributed by atoms with E-state index in [9.17, 15) is 14.4 Å². The molecule has 2 bridgehead atoms. The summed E-state index contributed by atoms with van der Waals surface area (Å²) >= 11 is 0. The Bertz CT molecular complexity index is 676. The third kappa shape index (κ3) is 1.76. The van der Waals surface area contributed by atoms with Gasteiger partial charge in [0.15, 0.2) is 0 Å². The van der Waals surface area contributed by atoms with E-state index in [-0.39, 0.29) is 23.7 Å². The highest BCUT2D eigenvalue weighted by molar-refractivity contribution is 6.24. The van der Waals surface area contributed by atoms with Gasteiger partial charge in [-0.3, -0.25) is 14.4 Å². The van der Waals surface area contributed by atoms with Crippen molar-refractivity contribution in [2.75, 3.05) is 12.0 Å². The number of fused-ring (bicyclic) bond motifs is 2. The highest BCUT2D eigenvalue weighted by atomic mass is 16.5. The Kier molecular flexibility index (Phi) is 3.08. The molecule has 2 amide bonds. The summed E-state index contributed by atoms with van der Waals surface area (Å²) in [6.45, 7) is 0. The molecule has 1 spiro atoms. The number of anilines is 1. The van der Waals surface area contributed by atoms with Gasteiger partial charge >= 0.3 is 5.97 Å². The number of ether oxygens (including phenoxy) is 1. The molecule has 1 aromatic carbocycles. The van der Waals surface area contributed by atoms with Crippen LogP contribution in [0.15, 0.2) is 30.3 Å². The molecule has 4 fully saturated rings. The van der Waals surface area contributed by atoms with Gasteiger partial charge < -0.3 is 4.74 Å². The lowest BCUT2D eigenvalue weighted by Gasteiger charge is -2.49. The van der Waals surface area contributed by atoms with Crippen LogP contribution in [0.5, 0.6) is 0 Å². The van der Waals surface area contributed by atoms with Crippen LogP contribution in [-0.2, 0) is 19.1 Å². The molecule has 120 valence electrons. The van der Waals surface area contributed by atoms with Crippen molar-refractivity contribution in [1.29, 1.82) is 0 Å². The number of carbonyl (C=O) groups is 3. The first-order valence-corrected chi connectivity index (χ1v) is 8.11. The van der Waals surface area contributed by atoms with E-state index in [2.05, 4.69) is 0 Å². The molecule has 3 aliphatic carbocycles. The van der Waals surface area contributed by atoms with Crippen LogP contribution in [0.2, 0.25) is 0 Å². The number of amides is 2. The average molecular weight is 313 g/mol. The predicted molar refractivity (Wildman–Crippen MR) is 82.3 cm³/mol. The van der Waals surface area contributed by atoms with E-state index in [0.29, 0.717) is 18.5 Å². The molecule has 23 heavy (non-hydrogen) atoms. The summed E-state index contributed by atoms with van der Waals surface area (Å²) in [6.07, 6.45) is 3.03. The van der Waals surface area contributed by atoms with Crippen molar-refractivity contribution in [3.8, 4) is 0 Å². The van der Waals surface area contributed by atoms with Crippen LogP contribution in [0.25, 0.3) is 0 Å². The second kappa shape index (κ2) is 4.91. The van der Waals surface area contributed by atoms with Crippen molar-refractivity contribution in [1.82, 2.24) is 0 Å². The quantitative estimate of drug-likeness (QED) is 0.620. The van der Waals surface area contributed by atoms with Gasteiger partial charge in [0.1, 0.15) is 0 Å². The highest BCUT2D eigenvalue weighted by Gasteiger charge is 2.68. The molecule has 1 saturated heterocycles. The maximum absolute atomic E-state index is 13.1. The van der Waals surface area contributed by atoms with Gasteiger partial charge in [0.2, 0.25) is 11.8 Å². The van der Waals surface area contributed by atoms with Crippen LogP contribution >= 0.6 is 0 Å². The van der Waals surface area contributed by atoms with Crippen molar-refractivity contribution in [2.24, 2.45) is 23.2 Å². The van der Waals surface area contributed by atoms with E-state index >= 15 is 0 Å². The largest absolute Gasteiger partial charge is 0.469 e. The van der Waals surface area contributed by atoms with Crippen molar-refractivity contribution >= 4 is 23.5 Å². The van der Waals surface area contributed by atoms with Gasteiger partial charge in [0.05, 0.1) is 30.0 Å². The first-order chi connectivity index (χ1) is 11.1. The molecule has 1 heterocycles. The van der Waals surface area contributed by atoms with Gasteiger partial charge in [-0.15, -0.1) is 0 Å². The molecule has 0 unspecified atom stereocenters. The lowest BCUT2D eigenvalue weighted by atomic mass is 9.51. The molecular formula is C18H19NO4. The number of methoxy groups -OCH3 is 1. The second-order valence-electron chi connectivity index (χ2n) is 6.83. The maximum Gasteiger partial charge on any atom is 0.309 e. The number of hydrogen-bond donors (Lipinski definition) is 0. The fraction of sp³-hybridized carbons (Fsp3) is 0.500. The Balaban J connectivity index is 1.81. The minimum Gasteiger partial charge on any atom is -0.469 e. The van der Waals surface area contributed by atoms with E-state index < -0.39 is 17.3 Å². The topological polar surface area (TPSA) is 63.7 Å². The van der Waals surface area contributed by atoms with Crippen molar-refractivity contribution in [3.05, 3.63) is 30.3 Å². The van der Waals surface area contributed by atoms with E-state index in [0.717, 1.165) is 12.8 Å². The molecule has 1 aliphatic heterocycles. The molecule has 5 nitrogen and oxygen atoms in total. The summed E-state index contributed by atoms with van der Waals surface area (Å²) < 4.78 is 4.95. The zero-order chi connectivity index (χ0) is 16.2. The van der Waals surface area contributed by atoms with Crippen LogP contribution in [0.1, 0.15) is 25.7 Å². The number of hydrogen-bond acceptors (Lipinski definition) is 4. The van der Waals surface area contributed by atoms with Crippen LogP contribution in [0.4, 0.5) is 5.69 Å². The molecule has 5 rings (SSSR count). The molecule has 4 aliphatic rings. The predicted octanol–water partition coefficient (Wildman–Crippen LogP) is 2.16. The molecule has 0 aromatic heterocycles. The highest BCUT2D eigenvalue weighted by Crippen LogP contribution is 2.61. The third-order valence-electron chi connectivity index (χ3n) is 5.99. The van der Waals surface area contributed by atoms with Gasteiger partial charge in [-0.2, -0.15) is 0 Å². The lowest BCUT2D eigenvalue weighted by Crippen LogP contribution is -2.52. The number of imide groups is 1. The Labute approximate surface area is 134 Å². The van der Waals surface area contributed by atoms with E-state index in [1.807, 2.05) is 18.2 Å². The number of nitrogens with zero attached hydrogens (tertiary/aromatic N) is 1. The van der Waals surface area contributed by atoms with Gasteiger partial charge in [0.25, 0.3) is 0 Å². The second-order valence-corrected chi connectivity index (χ2v) is 6.83. The van der Waals surface area contributed by atoms with Gasteiger partial charge in [-0.25, -0.2) is 4.90 Å². The van der Waals surface area contributed by atoms with Gasteiger partial charge in [-0.1, -0.05) is 18.2 Å². The molecule has 1 aromatic rings. The Morgan fingerprint density at radius 2 is 1.83 bits per heavy atom. The minimum atomic E-state index is -0.708. The number of para-hydroxylation sites is 1. The number of rotatable bonds is 2. The van der Waals surface area contributed by atoms with E-state index in [1.165, 1.54) is 12.0 Å². The SMILES string of the molecule is COC(=O)[C@@H]1C2CCC3(CC2)C(=O)N(c2ccccc2)C(=O)[C@H]13. The van der Waals surface area contributed by atoms with Crippen molar-refractivity contribution in [3.63, 3.8) is 0 Å². The zero-order valence-corrected chi connectivity index (χ0v) is 13.0. The molecule has 2 atom stereocenters. The molecule has 0 N–H and O–H groups in total. The molecular weight excluding hydrogens is 294 g/mol. The number of esters is 1. The Morgan fingerprint density at radius 1 is 1.17 bits per heavy atom. The van der Waals surface area contributed by atoms with Crippen LogP contribution in [-0.4, -0.2) is 24.9 Å². The number of benzene rings is 1. The normalized spacial score (nSPS) is 35.3. The first kappa shape index (κ1) is 14.4. The Morgan fingerprint density at radius 3 is 2.43 bits per heavy atom. The van der Waals surface area contributed by atoms with Gasteiger partial charge in [0, 0.05) is 0 Å². The molecule has 5 heteroatoms. The standard InChI is InChI=1S/C18H19NO4/c1-23-16(21)13-11-7-9-18(10-8-11)14(13)15(20)19(17(18)22)12-5-3-2-4-6-12/h2-6,11,13-14H,7-10H2,1H3/t11?,13-,14+,18?/m1/s1. The summed E-state index contributed by atoms with van der Waals surface area (Å²) in [5, 5.41) is 0. The third-order valence-corrected chi connectivity index (χ3v) is 5.99. The van der Waals surface area contributed by atoms with E-state index in [1.54, 1.807) is 12.1 Å². The monoisotopic (exact) mass is 313 g/mol. The fourth-order valence-corrected chi connectivity index (χ4v) is 4.93. The summed E-state index contributed by atoms with van der Waals surface area (Å²) in [7, 11) is 1.35. The minimum absolute atomic E-state index is 0.134. The fourth-order valence-electron chi connectivity index (χ4n) is 4.93. The van der Waals surface area contributed by atoms with Crippen LogP contribution in [0.3, 0.4) is 0 Å². The summed E-state index contributed by atoms with van der Waals surface area (Å²) in [5.41, 5.74) is -0.112. The summed E-state index contributed by atoms with van der Waals surface area (Å²) in [5.74, 6) is -1.60.